The van der Waals surface area contributed by atoms with Gasteiger partial charge in [-0.15, -0.1) is 0 Å². The molecule has 0 radical (unpaired) electrons. The van der Waals surface area contributed by atoms with Crippen molar-refractivity contribution >= 4 is 40.9 Å². The summed E-state index contributed by atoms with van der Waals surface area (Å²) in [6, 6.07) is 11.7. The van der Waals surface area contributed by atoms with E-state index in [2.05, 4.69) is 5.32 Å². The van der Waals surface area contributed by atoms with E-state index in [0.717, 1.165) is 0 Å². The standard InChI is InChI=1S/C19H20Cl2FNO2S/c1-2-17(25-18-9-4-3-6-15(18)21)19(24)23-10-11-26-12-13-14(20)7-5-8-16(13)22/h3-9,17H,2,10-12H2,1H3,(H,23,24). The molecule has 0 heterocycles. The molecule has 0 aliphatic rings. The normalized spacial score (nSPS) is 11.8. The monoisotopic (exact) mass is 415 g/mol. The number of hydrogen-bond donors (Lipinski definition) is 1. The van der Waals surface area contributed by atoms with Crippen LogP contribution in [0.1, 0.15) is 18.9 Å². The zero-order chi connectivity index (χ0) is 18.9. The van der Waals surface area contributed by atoms with Gasteiger partial charge in [0.15, 0.2) is 6.10 Å². The van der Waals surface area contributed by atoms with E-state index in [-0.39, 0.29) is 11.7 Å². The molecule has 0 aliphatic heterocycles. The van der Waals surface area contributed by atoms with Crippen molar-refractivity contribution in [3.63, 3.8) is 0 Å². The Hall–Kier alpha value is -1.43. The van der Waals surface area contributed by atoms with Gasteiger partial charge in [-0.1, -0.05) is 48.3 Å². The first kappa shape index (κ1) is 20.9. The number of thioether (sulfide) groups is 1. The molecule has 1 amide bonds. The average molecular weight is 416 g/mol. The second-order valence-corrected chi connectivity index (χ2v) is 7.41. The largest absolute Gasteiger partial charge is 0.479 e. The lowest BCUT2D eigenvalue weighted by Crippen LogP contribution is -2.39. The number of halogens is 3. The summed E-state index contributed by atoms with van der Waals surface area (Å²) in [7, 11) is 0. The zero-order valence-corrected chi connectivity index (χ0v) is 16.6. The van der Waals surface area contributed by atoms with Gasteiger partial charge in [0.05, 0.1) is 5.02 Å². The third-order valence-electron chi connectivity index (χ3n) is 3.62. The van der Waals surface area contributed by atoms with E-state index in [1.165, 1.54) is 17.8 Å². The van der Waals surface area contributed by atoms with Crippen LogP contribution in [0.25, 0.3) is 0 Å². The average Bonchev–Trinajstić information content (AvgIpc) is 2.62. The first-order valence-electron chi connectivity index (χ1n) is 8.22. The van der Waals surface area contributed by atoms with E-state index in [4.69, 9.17) is 27.9 Å². The Morgan fingerprint density at radius 3 is 2.62 bits per heavy atom. The molecular formula is C19H20Cl2FNO2S. The van der Waals surface area contributed by atoms with E-state index < -0.39 is 6.10 Å². The van der Waals surface area contributed by atoms with Crippen LogP contribution in [0.4, 0.5) is 4.39 Å². The van der Waals surface area contributed by atoms with Gasteiger partial charge in [-0.25, -0.2) is 4.39 Å². The number of ether oxygens (including phenoxy) is 1. The number of rotatable bonds is 9. The Labute approximate surface area is 167 Å². The van der Waals surface area contributed by atoms with E-state index in [0.29, 0.717) is 45.8 Å². The van der Waals surface area contributed by atoms with E-state index in [1.807, 2.05) is 6.92 Å². The van der Waals surface area contributed by atoms with Crippen LogP contribution in [0.5, 0.6) is 5.75 Å². The fraction of sp³-hybridized carbons (Fsp3) is 0.316. The third kappa shape index (κ3) is 6.08. The summed E-state index contributed by atoms with van der Waals surface area (Å²) < 4.78 is 19.4. The smallest absolute Gasteiger partial charge is 0.261 e. The Morgan fingerprint density at radius 2 is 1.92 bits per heavy atom. The summed E-state index contributed by atoms with van der Waals surface area (Å²) in [5, 5.41) is 3.72. The predicted molar refractivity (Wildman–Crippen MR) is 107 cm³/mol. The minimum Gasteiger partial charge on any atom is -0.479 e. The van der Waals surface area contributed by atoms with Gasteiger partial charge in [-0.2, -0.15) is 11.8 Å². The van der Waals surface area contributed by atoms with E-state index in [1.54, 1.807) is 36.4 Å². The second kappa shape index (κ2) is 10.7. The zero-order valence-electron chi connectivity index (χ0n) is 14.3. The lowest BCUT2D eigenvalue weighted by molar-refractivity contribution is -0.127. The van der Waals surface area contributed by atoms with Crippen LogP contribution in [0.2, 0.25) is 10.0 Å². The number of hydrogen-bond acceptors (Lipinski definition) is 3. The number of carbonyl (C=O) groups is 1. The Bertz CT molecular complexity index is 725. The van der Waals surface area contributed by atoms with Gasteiger partial charge >= 0.3 is 0 Å². The van der Waals surface area contributed by atoms with Gasteiger partial charge in [-0.05, 0) is 30.7 Å². The molecule has 7 heteroatoms. The molecule has 0 saturated heterocycles. The summed E-state index contributed by atoms with van der Waals surface area (Å²) in [6.07, 6.45) is -0.0874. The van der Waals surface area contributed by atoms with Gasteiger partial charge < -0.3 is 10.1 Å². The highest BCUT2D eigenvalue weighted by Gasteiger charge is 2.19. The highest BCUT2D eigenvalue weighted by Crippen LogP contribution is 2.25. The fourth-order valence-electron chi connectivity index (χ4n) is 2.22. The molecule has 2 aromatic carbocycles. The molecule has 0 spiro atoms. The van der Waals surface area contributed by atoms with Crippen LogP contribution < -0.4 is 10.1 Å². The van der Waals surface area contributed by atoms with Crippen molar-refractivity contribution in [3.8, 4) is 5.75 Å². The van der Waals surface area contributed by atoms with E-state index in [9.17, 15) is 9.18 Å². The molecule has 2 aromatic rings. The van der Waals surface area contributed by atoms with Crippen LogP contribution in [-0.4, -0.2) is 24.3 Å². The fourth-order valence-corrected chi connectivity index (χ4v) is 3.60. The molecule has 140 valence electrons. The van der Waals surface area contributed by atoms with Crippen molar-refractivity contribution in [2.45, 2.75) is 25.2 Å². The molecule has 0 bridgehead atoms. The van der Waals surface area contributed by atoms with E-state index >= 15 is 0 Å². The minimum atomic E-state index is -0.610. The van der Waals surface area contributed by atoms with Gasteiger partial charge in [0.2, 0.25) is 0 Å². The second-order valence-electron chi connectivity index (χ2n) is 5.49. The first-order valence-corrected chi connectivity index (χ1v) is 10.1. The molecule has 1 atom stereocenters. The summed E-state index contributed by atoms with van der Waals surface area (Å²) in [4.78, 5) is 12.3. The quantitative estimate of drug-likeness (QED) is 0.561. The summed E-state index contributed by atoms with van der Waals surface area (Å²) in [5.74, 6) is 1.07. The predicted octanol–water partition coefficient (Wildman–Crippen LogP) is 5.34. The molecule has 0 saturated carbocycles. The topological polar surface area (TPSA) is 38.3 Å². The Balaban J connectivity index is 1.76. The van der Waals surface area contributed by atoms with Gasteiger partial charge in [0.25, 0.3) is 5.91 Å². The number of benzene rings is 2. The van der Waals surface area contributed by atoms with Crippen LogP contribution in [0.3, 0.4) is 0 Å². The van der Waals surface area contributed by atoms with Crippen molar-refractivity contribution in [2.75, 3.05) is 12.3 Å². The Morgan fingerprint density at radius 1 is 1.19 bits per heavy atom. The van der Waals surface area contributed by atoms with Crippen LogP contribution >= 0.6 is 35.0 Å². The summed E-state index contributed by atoms with van der Waals surface area (Å²) in [5.41, 5.74) is 0.485. The lowest BCUT2D eigenvalue weighted by Gasteiger charge is -2.18. The maximum Gasteiger partial charge on any atom is 0.261 e. The molecule has 0 aliphatic carbocycles. The van der Waals surface area contributed by atoms with Gasteiger partial charge in [-0.3, -0.25) is 4.79 Å². The van der Waals surface area contributed by atoms with Crippen LogP contribution in [0.15, 0.2) is 42.5 Å². The first-order chi connectivity index (χ1) is 12.5. The highest BCUT2D eigenvalue weighted by molar-refractivity contribution is 7.98. The number of amides is 1. The summed E-state index contributed by atoms with van der Waals surface area (Å²) >= 11 is 13.6. The van der Waals surface area contributed by atoms with Crippen LogP contribution in [-0.2, 0) is 10.5 Å². The maximum atomic E-state index is 13.7. The van der Waals surface area contributed by atoms with Crippen molar-refractivity contribution in [1.82, 2.24) is 5.32 Å². The number of carbonyl (C=O) groups excluding carboxylic acids is 1. The summed E-state index contributed by atoms with van der Waals surface area (Å²) in [6.45, 7) is 2.33. The SMILES string of the molecule is CCC(Oc1ccccc1Cl)C(=O)NCCSCc1c(F)cccc1Cl. The molecule has 3 nitrogen and oxygen atoms in total. The van der Waals surface area contributed by atoms with Crippen molar-refractivity contribution in [3.05, 3.63) is 63.9 Å². The highest BCUT2D eigenvalue weighted by atomic mass is 35.5. The Kier molecular flexibility index (Phi) is 8.55. The van der Waals surface area contributed by atoms with Crippen molar-refractivity contribution in [1.29, 1.82) is 0 Å². The molecule has 1 unspecified atom stereocenters. The third-order valence-corrected chi connectivity index (χ3v) is 5.27. The van der Waals surface area contributed by atoms with Crippen molar-refractivity contribution < 1.29 is 13.9 Å². The van der Waals surface area contributed by atoms with Crippen LogP contribution in [0, 0.1) is 5.82 Å². The van der Waals surface area contributed by atoms with Crippen molar-refractivity contribution in [2.24, 2.45) is 0 Å². The molecule has 0 fully saturated rings. The molecule has 1 N–H and O–H groups in total. The van der Waals surface area contributed by atoms with Gasteiger partial charge in [0.1, 0.15) is 11.6 Å². The minimum absolute atomic E-state index is 0.197. The maximum absolute atomic E-state index is 13.7. The number of para-hydroxylation sites is 1. The number of nitrogens with one attached hydrogen (secondary N) is 1. The molecule has 2 rings (SSSR count). The molecule has 26 heavy (non-hydrogen) atoms. The van der Waals surface area contributed by atoms with Gasteiger partial charge in [0, 0.05) is 28.6 Å². The molecular weight excluding hydrogens is 396 g/mol. The molecule has 0 aromatic heterocycles. The lowest BCUT2D eigenvalue weighted by atomic mass is 10.2.